The molecule has 10 heteroatoms. The molecule has 1 fully saturated rings. The molecule has 3 heterocycles. The van der Waals surface area contributed by atoms with E-state index in [0.717, 1.165) is 44.4 Å². The molecule has 148 valence electrons. The van der Waals surface area contributed by atoms with E-state index >= 15 is 0 Å². The minimum Gasteiger partial charge on any atom is -0.475 e. The lowest BCUT2D eigenvalue weighted by Crippen LogP contribution is -2.52. The number of nitrogens with one attached hydrogen (secondary N) is 1. The Bertz CT molecular complexity index is 707. The predicted octanol–water partition coefficient (Wildman–Crippen LogP) is 2.11. The van der Waals surface area contributed by atoms with Gasteiger partial charge < -0.3 is 19.5 Å². The molecule has 2 aromatic rings. The molecule has 0 spiro atoms. The van der Waals surface area contributed by atoms with Gasteiger partial charge in [0.05, 0.1) is 12.2 Å². The molecule has 0 atom stereocenters. The largest absolute Gasteiger partial charge is 0.475 e. The number of pyridine rings is 1. The Morgan fingerprint density at radius 1 is 1.33 bits per heavy atom. The minimum absolute atomic E-state index is 0. The van der Waals surface area contributed by atoms with Crippen LogP contribution < -0.4 is 10.1 Å². The van der Waals surface area contributed by atoms with Crippen LogP contribution in [0.3, 0.4) is 0 Å². The van der Waals surface area contributed by atoms with Gasteiger partial charge in [-0.15, -0.1) is 24.0 Å². The van der Waals surface area contributed by atoms with Crippen LogP contribution in [-0.4, -0.2) is 72.3 Å². The van der Waals surface area contributed by atoms with Crippen LogP contribution in [0.25, 0.3) is 0 Å². The lowest BCUT2D eigenvalue weighted by molar-refractivity contribution is 0.168. The number of piperazine rings is 1. The number of aromatic nitrogens is 2. The van der Waals surface area contributed by atoms with Gasteiger partial charge in [0.1, 0.15) is 17.9 Å². The fourth-order valence-electron chi connectivity index (χ4n) is 2.79. The van der Waals surface area contributed by atoms with Gasteiger partial charge in [0, 0.05) is 52.0 Å². The molecule has 0 unspecified atom stereocenters. The summed E-state index contributed by atoms with van der Waals surface area (Å²) >= 11 is 6.02. The Balaban J connectivity index is 0.00000261. The van der Waals surface area contributed by atoms with Crippen LogP contribution >= 0.6 is 35.6 Å². The second kappa shape index (κ2) is 11.3. The Hall–Kier alpha value is -1.59. The molecule has 1 aliphatic rings. The van der Waals surface area contributed by atoms with Crippen molar-refractivity contribution in [2.24, 2.45) is 4.99 Å². The van der Waals surface area contributed by atoms with Crippen molar-refractivity contribution in [1.29, 1.82) is 0 Å². The number of hydrogen-bond donors (Lipinski definition) is 1. The van der Waals surface area contributed by atoms with E-state index in [2.05, 4.69) is 30.2 Å². The van der Waals surface area contributed by atoms with Crippen molar-refractivity contribution in [3.8, 4) is 5.88 Å². The third kappa shape index (κ3) is 6.51. The van der Waals surface area contributed by atoms with Gasteiger partial charge in [0.2, 0.25) is 5.88 Å². The molecule has 1 aliphatic heterocycles. The Kier molecular flexibility index (Phi) is 9.08. The van der Waals surface area contributed by atoms with Gasteiger partial charge in [-0.1, -0.05) is 16.8 Å². The minimum atomic E-state index is 0. The summed E-state index contributed by atoms with van der Waals surface area (Å²) in [6, 6.07) is 5.44. The molecule has 27 heavy (non-hydrogen) atoms. The standard InChI is InChI=1S/C17H23ClN6O2.HI/c1-19-17(21-6-12-25-16-15(18)3-2-5-20-16)24-9-7-23(8-10-24)13-14-4-11-26-22-14;/h2-5,11H,6-10,12-13H2,1H3,(H,19,21);1H. The highest BCUT2D eigenvalue weighted by atomic mass is 127. The van der Waals surface area contributed by atoms with Crippen molar-refractivity contribution < 1.29 is 9.26 Å². The van der Waals surface area contributed by atoms with E-state index in [9.17, 15) is 0 Å². The Morgan fingerprint density at radius 3 is 2.81 bits per heavy atom. The highest BCUT2D eigenvalue weighted by molar-refractivity contribution is 14.0. The summed E-state index contributed by atoms with van der Waals surface area (Å²) in [7, 11) is 1.79. The van der Waals surface area contributed by atoms with Gasteiger partial charge >= 0.3 is 0 Å². The van der Waals surface area contributed by atoms with E-state index in [1.807, 2.05) is 6.07 Å². The van der Waals surface area contributed by atoms with Crippen LogP contribution in [0.5, 0.6) is 5.88 Å². The molecule has 1 saturated heterocycles. The summed E-state index contributed by atoms with van der Waals surface area (Å²) in [4.78, 5) is 13.1. The molecule has 0 aliphatic carbocycles. The zero-order valence-electron chi connectivity index (χ0n) is 15.2. The number of hydrogen-bond acceptors (Lipinski definition) is 6. The number of guanidine groups is 1. The first-order valence-corrected chi connectivity index (χ1v) is 8.94. The predicted molar refractivity (Wildman–Crippen MR) is 115 cm³/mol. The van der Waals surface area contributed by atoms with Crippen molar-refractivity contribution in [1.82, 2.24) is 25.3 Å². The summed E-state index contributed by atoms with van der Waals surface area (Å²) in [5, 5.41) is 7.80. The Labute approximate surface area is 180 Å². The second-order valence-corrected chi connectivity index (χ2v) is 6.27. The molecule has 0 saturated carbocycles. The highest BCUT2D eigenvalue weighted by Crippen LogP contribution is 2.19. The van der Waals surface area contributed by atoms with Crippen LogP contribution in [-0.2, 0) is 6.54 Å². The van der Waals surface area contributed by atoms with E-state index in [4.69, 9.17) is 20.9 Å². The fourth-order valence-corrected chi connectivity index (χ4v) is 2.96. The number of aliphatic imine (C=N–C) groups is 1. The van der Waals surface area contributed by atoms with E-state index in [-0.39, 0.29) is 24.0 Å². The molecule has 0 bridgehead atoms. The maximum atomic E-state index is 6.02. The third-order valence-corrected chi connectivity index (χ3v) is 4.40. The number of rotatable bonds is 6. The molecule has 1 N–H and O–H groups in total. The maximum absolute atomic E-state index is 6.02. The van der Waals surface area contributed by atoms with Crippen molar-refractivity contribution >= 4 is 41.5 Å². The number of nitrogens with zero attached hydrogens (tertiary/aromatic N) is 5. The zero-order valence-corrected chi connectivity index (χ0v) is 18.3. The lowest BCUT2D eigenvalue weighted by Gasteiger charge is -2.36. The fraction of sp³-hybridized carbons (Fsp3) is 0.471. The monoisotopic (exact) mass is 506 g/mol. The first kappa shape index (κ1) is 21.7. The molecule has 0 radical (unpaired) electrons. The molecule has 3 rings (SSSR count). The quantitative estimate of drug-likeness (QED) is 0.278. The van der Waals surface area contributed by atoms with Gasteiger partial charge in [-0.25, -0.2) is 4.98 Å². The summed E-state index contributed by atoms with van der Waals surface area (Å²) < 4.78 is 10.5. The van der Waals surface area contributed by atoms with Crippen LogP contribution in [0.15, 0.2) is 40.2 Å². The lowest BCUT2D eigenvalue weighted by atomic mass is 10.3. The zero-order chi connectivity index (χ0) is 18.2. The average molecular weight is 507 g/mol. The number of ether oxygens (including phenoxy) is 1. The van der Waals surface area contributed by atoms with Crippen LogP contribution in [0.2, 0.25) is 5.02 Å². The summed E-state index contributed by atoms with van der Waals surface area (Å²) in [5.74, 6) is 1.33. The third-order valence-electron chi connectivity index (χ3n) is 4.11. The van der Waals surface area contributed by atoms with E-state index in [1.54, 1.807) is 31.6 Å². The summed E-state index contributed by atoms with van der Waals surface area (Å²) in [5.41, 5.74) is 0.964. The molecular formula is C17H24ClIN6O2. The average Bonchev–Trinajstić information content (AvgIpc) is 3.17. The summed E-state index contributed by atoms with van der Waals surface area (Å²) in [6.07, 6.45) is 3.27. The smallest absolute Gasteiger partial charge is 0.232 e. The topological polar surface area (TPSA) is 79.0 Å². The van der Waals surface area contributed by atoms with Gasteiger partial charge in [-0.2, -0.15) is 0 Å². The van der Waals surface area contributed by atoms with Crippen LogP contribution in [0.4, 0.5) is 0 Å². The normalized spacial score (nSPS) is 15.3. The molecule has 2 aromatic heterocycles. The van der Waals surface area contributed by atoms with E-state index in [1.165, 1.54) is 0 Å². The van der Waals surface area contributed by atoms with Gasteiger partial charge in [-0.05, 0) is 12.1 Å². The molecule has 0 amide bonds. The maximum Gasteiger partial charge on any atom is 0.232 e. The molecule has 8 nitrogen and oxygen atoms in total. The van der Waals surface area contributed by atoms with Crippen molar-refractivity contribution in [3.63, 3.8) is 0 Å². The first-order valence-electron chi connectivity index (χ1n) is 8.57. The van der Waals surface area contributed by atoms with Crippen molar-refractivity contribution in [2.75, 3.05) is 46.4 Å². The Morgan fingerprint density at radius 2 is 2.15 bits per heavy atom. The number of halogens is 2. The van der Waals surface area contributed by atoms with Crippen molar-refractivity contribution in [2.45, 2.75) is 6.54 Å². The second-order valence-electron chi connectivity index (χ2n) is 5.87. The van der Waals surface area contributed by atoms with E-state index < -0.39 is 0 Å². The first-order chi connectivity index (χ1) is 12.8. The molecular weight excluding hydrogens is 483 g/mol. The van der Waals surface area contributed by atoms with Crippen LogP contribution in [0, 0.1) is 0 Å². The van der Waals surface area contributed by atoms with Gasteiger partial charge in [0.25, 0.3) is 0 Å². The summed E-state index contributed by atoms with van der Waals surface area (Å²) in [6.45, 7) is 5.62. The SMILES string of the molecule is CN=C(NCCOc1ncccc1Cl)N1CCN(Cc2ccon2)CC1.I. The van der Waals surface area contributed by atoms with Gasteiger partial charge in [-0.3, -0.25) is 9.89 Å². The van der Waals surface area contributed by atoms with Gasteiger partial charge in [0.15, 0.2) is 5.96 Å². The van der Waals surface area contributed by atoms with E-state index in [0.29, 0.717) is 24.1 Å². The van der Waals surface area contributed by atoms with Crippen molar-refractivity contribution in [3.05, 3.63) is 41.4 Å². The molecule has 0 aromatic carbocycles. The highest BCUT2D eigenvalue weighted by Gasteiger charge is 2.20. The van der Waals surface area contributed by atoms with Crippen LogP contribution in [0.1, 0.15) is 5.69 Å².